The van der Waals surface area contributed by atoms with Gasteiger partial charge in [0.25, 0.3) is 0 Å². The first kappa shape index (κ1) is 18.4. The van der Waals surface area contributed by atoms with Crippen LogP contribution in [0.15, 0.2) is 47.2 Å². The highest BCUT2D eigenvalue weighted by molar-refractivity contribution is 8.03. The fourth-order valence-corrected chi connectivity index (χ4v) is 2.65. The van der Waals surface area contributed by atoms with Crippen molar-refractivity contribution in [3.05, 3.63) is 47.2 Å². The predicted octanol–water partition coefficient (Wildman–Crippen LogP) is 3.74. The van der Waals surface area contributed by atoms with Crippen LogP contribution < -0.4 is 5.32 Å². The van der Waals surface area contributed by atoms with E-state index in [1.807, 2.05) is 31.2 Å². The Labute approximate surface area is 137 Å². The molecule has 5 heteroatoms. The zero-order valence-corrected chi connectivity index (χ0v) is 14.5. The molecule has 1 aliphatic heterocycles. The van der Waals surface area contributed by atoms with Crippen molar-refractivity contribution in [2.75, 3.05) is 13.2 Å². The number of allylic oxidation sites excluding steroid dienone is 3. The van der Waals surface area contributed by atoms with E-state index in [1.165, 1.54) is 0 Å². The van der Waals surface area contributed by atoms with Gasteiger partial charge in [0.15, 0.2) is 0 Å². The fraction of sp³-hybridized carbons (Fsp3) is 0.471. The van der Waals surface area contributed by atoms with Crippen molar-refractivity contribution in [1.82, 2.24) is 5.32 Å². The van der Waals surface area contributed by atoms with Crippen molar-refractivity contribution in [3.8, 4) is 0 Å². The third kappa shape index (κ3) is 6.43. The molecule has 0 aromatic heterocycles. The molecule has 1 atom stereocenters. The number of carbonyl (C=O) groups excluding carboxylic acids is 1. The zero-order valence-electron chi connectivity index (χ0n) is 13.7. The SMILES string of the molecule is C\C=C/C(=C\C=C\OCC(C)C)C1NC(C(=O)OCC)=CS1. The van der Waals surface area contributed by atoms with Gasteiger partial charge in [-0.15, -0.1) is 11.8 Å². The summed E-state index contributed by atoms with van der Waals surface area (Å²) in [6.07, 6.45) is 9.54. The molecule has 0 aliphatic carbocycles. The maximum Gasteiger partial charge on any atom is 0.354 e. The summed E-state index contributed by atoms with van der Waals surface area (Å²) in [6, 6.07) is 0. The van der Waals surface area contributed by atoms with Crippen LogP contribution in [0.25, 0.3) is 0 Å². The third-order valence-electron chi connectivity index (χ3n) is 2.66. The van der Waals surface area contributed by atoms with Crippen LogP contribution in [0.3, 0.4) is 0 Å². The Kier molecular flexibility index (Phi) is 8.51. The summed E-state index contributed by atoms with van der Waals surface area (Å²) in [5.41, 5.74) is 1.57. The molecule has 0 aromatic carbocycles. The highest BCUT2D eigenvalue weighted by atomic mass is 32.2. The molecule has 22 heavy (non-hydrogen) atoms. The van der Waals surface area contributed by atoms with Crippen LogP contribution in [-0.2, 0) is 14.3 Å². The Morgan fingerprint density at radius 2 is 2.27 bits per heavy atom. The molecular formula is C17H25NO3S. The van der Waals surface area contributed by atoms with Crippen molar-refractivity contribution >= 4 is 17.7 Å². The molecule has 0 radical (unpaired) electrons. The molecule has 0 fully saturated rings. The minimum absolute atomic E-state index is 0.00496. The molecule has 1 rings (SSSR count). The number of thioether (sulfide) groups is 1. The van der Waals surface area contributed by atoms with Gasteiger partial charge in [-0.05, 0) is 31.4 Å². The molecule has 1 unspecified atom stereocenters. The number of esters is 1. The lowest BCUT2D eigenvalue weighted by atomic mass is 10.2. The summed E-state index contributed by atoms with van der Waals surface area (Å²) in [7, 11) is 0. The number of hydrogen-bond acceptors (Lipinski definition) is 5. The molecule has 1 aliphatic rings. The topological polar surface area (TPSA) is 47.6 Å². The second-order valence-corrected chi connectivity index (χ2v) is 6.11. The van der Waals surface area contributed by atoms with E-state index < -0.39 is 0 Å². The highest BCUT2D eigenvalue weighted by Gasteiger charge is 2.23. The predicted molar refractivity (Wildman–Crippen MR) is 92.1 cm³/mol. The van der Waals surface area contributed by atoms with E-state index in [4.69, 9.17) is 9.47 Å². The molecule has 0 saturated heterocycles. The molecule has 0 saturated carbocycles. The largest absolute Gasteiger partial charge is 0.501 e. The van der Waals surface area contributed by atoms with Gasteiger partial charge in [0, 0.05) is 5.41 Å². The van der Waals surface area contributed by atoms with Gasteiger partial charge in [0.05, 0.1) is 19.5 Å². The highest BCUT2D eigenvalue weighted by Crippen LogP contribution is 2.27. The first-order chi connectivity index (χ1) is 10.6. The maximum atomic E-state index is 11.7. The first-order valence-electron chi connectivity index (χ1n) is 7.48. The Bertz CT molecular complexity index is 478. The molecule has 0 spiro atoms. The first-order valence-corrected chi connectivity index (χ1v) is 8.43. The average molecular weight is 323 g/mol. The minimum Gasteiger partial charge on any atom is -0.501 e. The fourth-order valence-electron chi connectivity index (χ4n) is 1.70. The van der Waals surface area contributed by atoms with Crippen LogP contribution in [0.2, 0.25) is 0 Å². The van der Waals surface area contributed by atoms with Gasteiger partial charge in [-0.2, -0.15) is 0 Å². The van der Waals surface area contributed by atoms with Crippen LogP contribution in [0, 0.1) is 5.92 Å². The summed E-state index contributed by atoms with van der Waals surface area (Å²) >= 11 is 1.55. The molecule has 0 amide bonds. The molecule has 1 heterocycles. The van der Waals surface area contributed by atoms with Gasteiger partial charge in [0.1, 0.15) is 11.1 Å². The van der Waals surface area contributed by atoms with Gasteiger partial charge < -0.3 is 14.8 Å². The molecule has 0 bridgehead atoms. The number of nitrogens with one attached hydrogen (secondary N) is 1. The second kappa shape index (κ2) is 10.2. The van der Waals surface area contributed by atoms with Crippen LogP contribution in [0.4, 0.5) is 0 Å². The van der Waals surface area contributed by atoms with Crippen LogP contribution in [0.1, 0.15) is 27.7 Å². The van der Waals surface area contributed by atoms with Gasteiger partial charge in [-0.25, -0.2) is 4.79 Å². The normalized spacial score (nSPS) is 18.9. The van der Waals surface area contributed by atoms with E-state index in [-0.39, 0.29) is 11.3 Å². The van der Waals surface area contributed by atoms with Crippen molar-refractivity contribution in [2.45, 2.75) is 33.1 Å². The lowest BCUT2D eigenvalue weighted by Gasteiger charge is -2.13. The van der Waals surface area contributed by atoms with Gasteiger partial charge in [-0.1, -0.05) is 32.1 Å². The Balaban J connectivity index is 2.60. The minimum atomic E-state index is -0.312. The lowest BCUT2D eigenvalue weighted by Crippen LogP contribution is -2.26. The number of rotatable bonds is 8. The molecule has 122 valence electrons. The van der Waals surface area contributed by atoms with Gasteiger partial charge in [-0.3, -0.25) is 0 Å². The summed E-state index contributed by atoms with van der Waals surface area (Å²) in [6.45, 7) is 9.05. The smallest absolute Gasteiger partial charge is 0.354 e. The van der Waals surface area contributed by atoms with Crippen LogP contribution in [0.5, 0.6) is 0 Å². The van der Waals surface area contributed by atoms with Crippen LogP contribution >= 0.6 is 11.8 Å². The quantitative estimate of drug-likeness (QED) is 0.419. The maximum absolute atomic E-state index is 11.7. The Morgan fingerprint density at radius 1 is 1.50 bits per heavy atom. The standard InChI is InChI=1S/C17H25NO3S/c1-5-8-14(9-7-10-20-11-13(3)4)16-18-15(12-22-16)17(19)21-6-2/h5,7-10,12-13,16,18H,6,11H2,1-4H3/b8-5-,10-7+,14-9+. The average Bonchev–Trinajstić information content (AvgIpc) is 2.95. The molecular weight excluding hydrogens is 298 g/mol. The van der Waals surface area contributed by atoms with E-state index in [0.29, 0.717) is 24.8 Å². The number of hydrogen-bond donors (Lipinski definition) is 1. The second-order valence-electron chi connectivity index (χ2n) is 5.13. The lowest BCUT2D eigenvalue weighted by molar-refractivity contribution is -0.138. The van der Waals surface area contributed by atoms with Crippen molar-refractivity contribution < 1.29 is 14.3 Å². The summed E-state index contributed by atoms with van der Waals surface area (Å²) < 4.78 is 10.4. The van der Waals surface area contributed by atoms with E-state index in [2.05, 4.69) is 19.2 Å². The Morgan fingerprint density at radius 3 is 2.91 bits per heavy atom. The number of carbonyl (C=O) groups is 1. The molecule has 4 nitrogen and oxygen atoms in total. The Hall–Kier alpha value is -1.62. The van der Waals surface area contributed by atoms with Crippen molar-refractivity contribution in [1.29, 1.82) is 0 Å². The number of ether oxygens (including phenoxy) is 2. The zero-order chi connectivity index (χ0) is 16.4. The van der Waals surface area contributed by atoms with E-state index >= 15 is 0 Å². The summed E-state index contributed by atoms with van der Waals surface area (Å²) in [5, 5.41) is 4.98. The van der Waals surface area contributed by atoms with Crippen molar-refractivity contribution in [2.24, 2.45) is 5.92 Å². The van der Waals surface area contributed by atoms with Crippen LogP contribution in [-0.4, -0.2) is 24.6 Å². The van der Waals surface area contributed by atoms with Crippen molar-refractivity contribution in [3.63, 3.8) is 0 Å². The van der Waals surface area contributed by atoms with Gasteiger partial charge in [0.2, 0.25) is 0 Å². The van der Waals surface area contributed by atoms with Gasteiger partial charge >= 0.3 is 5.97 Å². The molecule has 1 N–H and O–H groups in total. The third-order valence-corrected chi connectivity index (χ3v) is 3.69. The van der Waals surface area contributed by atoms with E-state index in [0.717, 1.165) is 5.57 Å². The monoisotopic (exact) mass is 323 g/mol. The van der Waals surface area contributed by atoms with E-state index in [1.54, 1.807) is 30.4 Å². The summed E-state index contributed by atoms with van der Waals surface area (Å²) in [5.74, 6) is 0.195. The summed E-state index contributed by atoms with van der Waals surface area (Å²) in [4.78, 5) is 11.7. The molecule has 0 aromatic rings. The van der Waals surface area contributed by atoms with E-state index in [9.17, 15) is 4.79 Å².